The molecule has 1 heterocycles. The number of halogens is 2. The van der Waals surface area contributed by atoms with E-state index in [4.69, 9.17) is 25.8 Å². The van der Waals surface area contributed by atoms with Gasteiger partial charge in [0.05, 0.1) is 6.61 Å². The molecule has 0 fully saturated rings. The number of hydrogen-bond acceptors (Lipinski definition) is 5. The van der Waals surface area contributed by atoms with Gasteiger partial charge in [-0.25, -0.2) is 9.79 Å². The van der Waals surface area contributed by atoms with E-state index in [9.17, 15) is 4.79 Å². The Morgan fingerprint density at radius 2 is 1.81 bits per heavy atom. The average Bonchev–Trinajstić information content (AvgIpc) is 3.15. The summed E-state index contributed by atoms with van der Waals surface area (Å²) in [6, 6.07) is 20.3. The molecule has 0 aromatic heterocycles. The van der Waals surface area contributed by atoms with Crippen molar-refractivity contribution in [3.63, 3.8) is 0 Å². The molecule has 0 saturated carbocycles. The van der Waals surface area contributed by atoms with E-state index < -0.39 is 5.97 Å². The van der Waals surface area contributed by atoms with Crippen LogP contribution in [0.4, 0.5) is 0 Å². The third kappa shape index (κ3) is 5.21. The molecular formula is C25H19BrClNO4. The second kappa shape index (κ2) is 10.0. The molecule has 5 nitrogen and oxygen atoms in total. The molecule has 0 amide bonds. The lowest BCUT2D eigenvalue weighted by atomic mass is 10.1. The van der Waals surface area contributed by atoms with Crippen molar-refractivity contribution >= 4 is 45.5 Å². The lowest BCUT2D eigenvalue weighted by molar-refractivity contribution is -0.129. The molecule has 0 bridgehead atoms. The molecular weight excluding hydrogens is 494 g/mol. The molecule has 3 aromatic carbocycles. The van der Waals surface area contributed by atoms with Crippen LogP contribution in [0.1, 0.15) is 23.6 Å². The fourth-order valence-corrected chi connectivity index (χ4v) is 3.51. The van der Waals surface area contributed by atoms with Gasteiger partial charge in [0, 0.05) is 20.6 Å². The van der Waals surface area contributed by atoms with E-state index >= 15 is 0 Å². The summed E-state index contributed by atoms with van der Waals surface area (Å²) < 4.78 is 17.9. The highest BCUT2D eigenvalue weighted by Crippen LogP contribution is 2.31. The average molecular weight is 513 g/mol. The molecule has 0 unspecified atom stereocenters. The van der Waals surface area contributed by atoms with Crippen LogP contribution in [0.5, 0.6) is 11.5 Å². The Kier molecular flexibility index (Phi) is 6.93. The van der Waals surface area contributed by atoms with Gasteiger partial charge >= 0.3 is 5.97 Å². The van der Waals surface area contributed by atoms with Gasteiger partial charge < -0.3 is 14.2 Å². The summed E-state index contributed by atoms with van der Waals surface area (Å²) in [4.78, 5) is 16.7. The standard InChI is InChI=1S/C25H19BrClNO4/c1-2-30-23-14-16(7-12-22(23)31-15-18-5-3-4-6-20(18)27)13-21-25(29)32-24(28-21)17-8-10-19(26)11-9-17/h3-14H,2,15H2,1H3/b21-13-. The molecule has 0 saturated heterocycles. The van der Waals surface area contributed by atoms with Crippen molar-refractivity contribution in [1.82, 2.24) is 0 Å². The van der Waals surface area contributed by atoms with Gasteiger partial charge in [-0.3, -0.25) is 0 Å². The number of hydrogen-bond donors (Lipinski definition) is 0. The summed E-state index contributed by atoms with van der Waals surface area (Å²) in [5.74, 6) is 0.928. The highest BCUT2D eigenvalue weighted by molar-refractivity contribution is 9.10. The summed E-state index contributed by atoms with van der Waals surface area (Å²) in [7, 11) is 0. The van der Waals surface area contributed by atoms with Gasteiger partial charge in [-0.2, -0.15) is 0 Å². The van der Waals surface area contributed by atoms with E-state index in [2.05, 4.69) is 20.9 Å². The molecule has 4 rings (SSSR count). The predicted octanol–water partition coefficient (Wildman–Crippen LogP) is 6.42. The van der Waals surface area contributed by atoms with Crippen LogP contribution >= 0.6 is 27.5 Å². The third-order valence-electron chi connectivity index (χ3n) is 4.62. The van der Waals surface area contributed by atoms with Gasteiger partial charge in [-0.05, 0) is 61.0 Å². The lowest BCUT2D eigenvalue weighted by Gasteiger charge is -2.13. The van der Waals surface area contributed by atoms with E-state index in [0.29, 0.717) is 29.7 Å². The molecule has 1 aliphatic heterocycles. The van der Waals surface area contributed by atoms with Crippen LogP contribution in [0.15, 0.2) is 81.9 Å². The Labute approximate surface area is 199 Å². The van der Waals surface area contributed by atoms with Crippen molar-refractivity contribution in [2.45, 2.75) is 13.5 Å². The van der Waals surface area contributed by atoms with Gasteiger partial charge in [0.1, 0.15) is 6.61 Å². The van der Waals surface area contributed by atoms with Gasteiger partial charge in [-0.1, -0.05) is 51.8 Å². The van der Waals surface area contributed by atoms with Crippen molar-refractivity contribution in [1.29, 1.82) is 0 Å². The molecule has 0 aliphatic carbocycles. The molecule has 0 radical (unpaired) electrons. The molecule has 32 heavy (non-hydrogen) atoms. The highest BCUT2D eigenvalue weighted by atomic mass is 79.9. The van der Waals surface area contributed by atoms with Crippen LogP contribution in [0.25, 0.3) is 6.08 Å². The summed E-state index contributed by atoms with van der Waals surface area (Å²) in [6.07, 6.45) is 1.66. The van der Waals surface area contributed by atoms with Gasteiger partial charge in [-0.15, -0.1) is 0 Å². The third-order valence-corrected chi connectivity index (χ3v) is 5.52. The van der Waals surface area contributed by atoms with Crippen molar-refractivity contribution in [2.75, 3.05) is 6.61 Å². The van der Waals surface area contributed by atoms with E-state index in [1.807, 2.05) is 61.5 Å². The monoisotopic (exact) mass is 511 g/mol. The van der Waals surface area contributed by atoms with E-state index in [-0.39, 0.29) is 11.6 Å². The quantitative estimate of drug-likeness (QED) is 0.271. The van der Waals surface area contributed by atoms with Crippen LogP contribution in [-0.2, 0) is 16.1 Å². The molecule has 0 atom stereocenters. The van der Waals surface area contributed by atoms with Crippen molar-refractivity contribution < 1.29 is 19.0 Å². The minimum absolute atomic E-state index is 0.218. The maximum atomic E-state index is 12.3. The second-order valence-electron chi connectivity index (χ2n) is 6.86. The van der Waals surface area contributed by atoms with Gasteiger partial charge in [0.15, 0.2) is 17.2 Å². The lowest BCUT2D eigenvalue weighted by Crippen LogP contribution is -2.05. The first-order chi connectivity index (χ1) is 15.5. The van der Waals surface area contributed by atoms with E-state index in [1.165, 1.54) is 0 Å². The Morgan fingerprint density at radius 1 is 1.03 bits per heavy atom. The second-order valence-corrected chi connectivity index (χ2v) is 8.19. The maximum absolute atomic E-state index is 12.3. The topological polar surface area (TPSA) is 57.1 Å². The molecule has 7 heteroatoms. The van der Waals surface area contributed by atoms with E-state index in [1.54, 1.807) is 18.2 Å². The first-order valence-corrected chi connectivity index (χ1v) is 11.1. The zero-order chi connectivity index (χ0) is 22.5. The van der Waals surface area contributed by atoms with Crippen LogP contribution in [0.3, 0.4) is 0 Å². The van der Waals surface area contributed by atoms with Crippen molar-refractivity contribution in [2.24, 2.45) is 4.99 Å². The number of benzene rings is 3. The number of ether oxygens (including phenoxy) is 3. The zero-order valence-corrected chi connectivity index (χ0v) is 19.5. The van der Waals surface area contributed by atoms with Crippen molar-refractivity contribution in [3.05, 3.63) is 98.6 Å². The Hall–Kier alpha value is -3.09. The van der Waals surface area contributed by atoms with Crippen LogP contribution in [0, 0.1) is 0 Å². The predicted molar refractivity (Wildman–Crippen MR) is 128 cm³/mol. The van der Waals surface area contributed by atoms with Crippen LogP contribution in [-0.4, -0.2) is 18.5 Å². The number of nitrogens with zero attached hydrogens (tertiary/aromatic N) is 1. The minimum atomic E-state index is -0.500. The first kappa shape index (κ1) is 22.1. The largest absolute Gasteiger partial charge is 0.490 e. The van der Waals surface area contributed by atoms with Crippen molar-refractivity contribution in [3.8, 4) is 11.5 Å². The SMILES string of the molecule is CCOc1cc(/C=C2\N=C(c3ccc(Br)cc3)OC2=O)ccc1OCc1ccccc1Cl. The smallest absolute Gasteiger partial charge is 0.363 e. The maximum Gasteiger partial charge on any atom is 0.363 e. The fourth-order valence-electron chi connectivity index (χ4n) is 3.06. The van der Waals surface area contributed by atoms with Crippen LogP contribution in [0.2, 0.25) is 5.02 Å². The Morgan fingerprint density at radius 3 is 2.56 bits per heavy atom. The summed E-state index contributed by atoms with van der Waals surface area (Å²) in [6.45, 7) is 2.68. The highest BCUT2D eigenvalue weighted by Gasteiger charge is 2.24. The summed E-state index contributed by atoms with van der Waals surface area (Å²) in [5, 5.41) is 0.644. The fraction of sp³-hybridized carbons (Fsp3) is 0.120. The number of rotatable bonds is 7. The molecule has 0 spiro atoms. The normalized spacial score (nSPS) is 14.3. The number of esters is 1. The number of aliphatic imine (C=N–C) groups is 1. The minimum Gasteiger partial charge on any atom is -0.490 e. The summed E-state index contributed by atoms with van der Waals surface area (Å²) >= 11 is 9.60. The number of cyclic esters (lactones) is 1. The number of carbonyl (C=O) groups excluding carboxylic acids is 1. The van der Waals surface area contributed by atoms with Gasteiger partial charge in [0.2, 0.25) is 5.90 Å². The first-order valence-electron chi connectivity index (χ1n) is 9.95. The Balaban J connectivity index is 1.56. The molecule has 3 aromatic rings. The number of carbonyl (C=O) groups is 1. The summed E-state index contributed by atoms with van der Waals surface area (Å²) in [5.41, 5.74) is 2.57. The zero-order valence-electron chi connectivity index (χ0n) is 17.2. The van der Waals surface area contributed by atoms with Crippen LogP contribution < -0.4 is 9.47 Å². The Bertz CT molecular complexity index is 1200. The molecule has 1 aliphatic rings. The molecule has 162 valence electrons. The van der Waals surface area contributed by atoms with Gasteiger partial charge in [0.25, 0.3) is 0 Å². The molecule has 0 N–H and O–H groups in total. The van der Waals surface area contributed by atoms with E-state index in [0.717, 1.165) is 21.2 Å².